The number of fused-ring (bicyclic) bond motifs is 6. The maximum Gasteiger partial charge on any atom is 0.145 e. The van der Waals surface area contributed by atoms with Crippen molar-refractivity contribution in [1.29, 1.82) is 0 Å². The quantitative estimate of drug-likeness (QED) is 0.223. The van der Waals surface area contributed by atoms with Crippen LogP contribution in [-0.2, 0) is 0 Å². The lowest BCUT2D eigenvalue weighted by Gasteiger charge is -2.15. The van der Waals surface area contributed by atoms with Crippen LogP contribution in [0.25, 0.3) is 71.6 Å². The van der Waals surface area contributed by atoms with Gasteiger partial charge in [0.05, 0.1) is 11.0 Å². The maximum atomic E-state index is 5.05. The van der Waals surface area contributed by atoms with Crippen LogP contribution in [0.5, 0.6) is 0 Å². The number of para-hydroxylation sites is 2. The average molecular weight is 497 g/mol. The Morgan fingerprint density at radius 1 is 0.436 bits per heavy atom. The molecule has 39 heavy (non-hydrogen) atoms. The standard InChI is InChI=1S/C37H24N2/c1-2-12-26(13-3-1)37-38-35-19-8-9-20-36(35)39(37)28-15-10-14-27(23-28)33-24-34-29-16-5-4-11-25(29)21-22-32(34)30-17-6-7-18-31(30)33/h1-24H. The number of hydrogen-bond donors (Lipinski definition) is 0. The third kappa shape index (κ3) is 3.46. The Kier molecular flexibility index (Phi) is 4.86. The molecule has 182 valence electrons. The second-order valence-electron chi connectivity index (χ2n) is 10.0. The second kappa shape index (κ2) is 8.68. The van der Waals surface area contributed by atoms with Crippen molar-refractivity contribution in [2.75, 3.05) is 0 Å². The molecule has 0 bridgehead atoms. The molecule has 0 fully saturated rings. The van der Waals surface area contributed by atoms with Crippen LogP contribution >= 0.6 is 0 Å². The van der Waals surface area contributed by atoms with E-state index in [2.05, 4.69) is 144 Å². The van der Waals surface area contributed by atoms with Crippen molar-refractivity contribution >= 4 is 43.4 Å². The summed E-state index contributed by atoms with van der Waals surface area (Å²) in [7, 11) is 0. The van der Waals surface area contributed by atoms with Gasteiger partial charge in [0.2, 0.25) is 0 Å². The van der Waals surface area contributed by atoms with E-state index < -0.39 is 0 Å². The van der Waals surface area contributed by atoms with Gasteiger partial charge in [-0.15, -0.1) is 0 Å². The van der Waals surface area contributed by atoms with E-state index in [-0.39, 0.29) is 0 Å². The summed E-state index contributed by atoms with van der Waals surface area (Å²) in [4.78, 5) is 5.05. The van der Waals surface area contributed by atoms with Crippen LogP contribution in [0.3, 0.4) is 0 Å². The molecule has 0 aliphatic heterocycles. The fourth-order valence-corrected chi connectivity index (χ4v) is 5.98. The van der Waals surface area contributed by atoms with Gasteiger partial charge in [0.15, 0.2) is 0 Å². The zero-order valence-electron chi connectivity index (χ0n) is 21.3. The maximum absolute atomic E-state index is 5.05. The summed E-state index contributed by atoms with van der Waals surface area (Å²) in [5.74, 6) is 0.948. The van der Waals surface area contributed by atoms with Crippen molar-refractivity contribution in [3.63, 3.8) is 0 Å². The van der Waals surface area contributed by atoms with Crippen LogP contribution in [0.1, 0.15) is 0 Å². The molecule has 2 nitrogen and oxygen atoms in total. The van der Waals surface area contributed by atoms with Gasteiger partial charge in [-0.25, -0.2) is 4.98 Å². The van der Waals surface area contributed by atoms with Gasteiger partial charge < -0.3 is 0 Å². The molecule has 0 unspecified atom stereocenters. The van der Waals surface area contributed by atoms with Gasteiger partial charge in [-0.1, -0.05) is 115 Å². The van der Waals surface area contributed by atoms with Gasteiger partial charge in [-0.3, -0.25) is 4.57 Å². The number of benzene rings is 7. The largest absolute Gasteiger partial charge is 0.292 e. The number of aromatic nitrogens is 2. The Morgan fingerprint density at radius 3 is 2.03 bits per heavy atom. The SMILES string of the molecule is c1ccc(-c2nc3ccccc3n2-c2cccc(-c3cc4c5ccccc5ccc4c4ccccc34)c2)cc1. The molecule has 0 amide bonds. The highest BCUT2D eigenvalue weighted by Crippen LogP contribution is 2.39. The van der Waals surface area contributed by atoms with Crippen LogP contribution in [0, 0.1) is 0 Å². The monoisotopic (exact) mass is 496 g/mol. The van der Waals surface area contributed by atoms with E-state index in [1.165, 1.54) is 43.4 Å². The second-order valence-corrected chi connectivity index (χ2v) is 10.0. The number of nitrogens with zero attached hydrogens (tertiary/aromatic N) is 2. The lowest BCUT2D eigenvalue weighted by molar-refractivity contribution is 1.10. The Hall–Kier alpha value is -5.21. The number of rotatable bonds is 3. The molecule has 8 aromatic rings. The minimum absolute atomic E-state index is 0.948. The fourth-order valence-electron chi connectivity index (χ4n) is 5.98. The van der Waals surface area contributed by atoms with E-state index in [4.69, 9.17) is 4.98 Å². The van der Waals surface area contributed by atoms with Crippen molar-refractivity contribution in [2.24, 2.45) is 0 Å². The summed E-state index contributed by atoms with van der Waals surface area (Å²) in [5, 5.41) is 7.65. The highest BCUT2D eigenvalue weighted by molar-refractivity contribution is 6.21. The summed E-state index contributed by atoms with van der Waals surface area (Å²) in [6, 6.07) is 52.0. The molecule has 0 saturated carbocycles. The van der Waals surface area contributed by atoms with Gasteiger partial charge in [-0.2, -0.15) is 0 Å². The van der Waals surface area contributed by atoms with Crippen LogP contribution < -0.4 is 0 Å². The highest BCUT2D eigenvalue weighted by Gasteiger charge is 2.16. The van der Waals surface area contributed by atoms with E-state index in [1.54, 1.807) is 0 Å². The van der Waals surface area contributed by atoms with Gasteiger partial charge in [-0.05, 0) is 73.8 Å². The van der Waals surface area contributed by atoms with E-state index in [0.29, 0.717) is 0 Å². The van der Waals surface area contributed by atoms with Crippen molar-refractivity contribution in [3.05, 3.63) is 146 Å². The van der Waals surface area contributed by atoms with E-state index in [0.717, 1.165) is 28.1 Å². The minimum atomic E-state index is 0.948. The van der Waals surface area contributed by atoms with E-state index in [9.17, 15) is 0 Å². The predicted octanol–water partition coefficient (Wildman–Crippen LogP) is 9.82. The van der Waals surface area contributed by atoms with Crippen LogP contribution in [0.2, 0.25) is 0 Å². The fraction of sp³-hybridized carbons (Fsp3) is 0. The smallest absolute Gasteiger partial charge is 0.145 e. The first-order valence-electron chi connectivity index (χ1n) is 13.3. The number of imidazole rings is 1. The summed E-state index contributed by atoms with van der Waals surface area (Å²) >= 11 is 0. The van der Waals surface area contributed by atoms with Crippen LogP contribution in [0.15, 0.2) is 146 Å². The molecule has 1 aromatic heterocycles. The highest BCUT2D eigenvalue weighted by atomic mass is 15.1. The van der Waals surface area contributed by atoms with Gasteiger partial charge in [0.25, 0.3) is 0 Å². The summed E-state index contributed by atoms with van der Waals surface area (Å²) in [6.07, 6.45) is 0. The van der Waals surface area contributed by atoms with Crippen molar-refractivity contribution < 1.29 is 0 Å². The van der Waals surface area contributed by atoms with Gasteiger partial charge >= 0.3 is 0 Å². The topological polar surface area (TPSA) is 17.8 Å². The van der Waals surface area contributed by atoms with Crippen molar-refractivity contribution in [1.82, 2.24) is 9.55 Å². The molecular weight excluding hydrogens is 472 g/mol. The lowest BCUT2D eigenvalue weighted by Crippen LogP contribution is -1.98. The Morgan fingerprint density at radius 2 is 1.13 bits per heavy atom. The van der Waals surface area contributed by atoms with Gasteiger partial charge in [0.1, 0.15) is 5.82 Å². The van der Waals surface area contributed by atoms with Crippen LogP contribution in [0.4, 0.5) is 0 Å². The van der Waals surface area contributed by atoms with Crippen molar-refractivity contribution in [2.45, 2.75) is 0 Å². The molecular formula is C37H24N2. The lowest BCUT2D eigenvalue weighted by atomic mass is 9.91. The molecule has 0 spiro atoms. The molecule has 2 heteroatoms. The molecule has 0 radical (unpaired) electrons. The third-order valence-electron chi connectivity index (χ3n) is 7.77. The summed E-state index contributed by atoms with van der Waals surface area (Å²) in [6.45, 7) is 0. The molecule has 1 heterocycles. The van der Waals surface area contributed by atoms with Crippen molar-refractivity contribution in [3.8, 4) is 28.2 Å². The zero-order chi connectivity index (χ0) is 25.8. The number of hydrogen-bond acceptors (Lipinski definition) is 1. The van der Waals surface area contributed by atoms with E-state index >= 15 is 0 Å². The van der Waals surface area contributed by atoms with Gasteiger partial charge in [0, 0.05) is 11.3 Å². The Balaban J connectivity index is 1.41. The Bertz CT molecular complexity index is 2170. The molecule has 0 N–H and O–H groups in total. The third-order valence-corrected chi connectivity index (χ3v) is 7.77. The molecule has 0 saturated heterocycles. The molecule has 7 aromatic carbocycles. The predicted molar refractivity (Wildman–Crippen MR) is 164 cm³/mol. The first-order chi connectivity index (χ1) is 19.3. The zero-order valence-corrected chi connectivity index (χ0v) is 21.3. The minimum Gasteiger partial charge on any atom is -0.292 e. The first kappa shape index (κ1) is 21.8. The molecule has 8 rings (SSSR count). The summed E-state index contributed by atoms with van der Waals surface area (Å²) in [5.41, 5.74) is 6.72. The average Bonchev–Trinajstić information content (AvgIpc) is 3.41. The summed E-state index contributed by atoms with van der Waals surface area (Å²) < 4.78 is 2.28. The first-order valence-corrected chi connectivity index (χ1v) is 13.3. The molecule has 0 atom stereocenters. The van der Waals surface area contributed by atoms with E-state index in [1.807, 2.05) is 6.07 Å². The molecule has 0 aliphatic rings. The Labute approximate surface area is 226 Å². The molecule has 0 aliphatic carbocycles. The van der Waals surface area contributed by atoms with Crippen LogP contribution in [-0.4, -0.2) is 9.55 Å². The normalized spacial score (nSPS) is 11.6.